The number of rotatable bonds is 6. The SMILES string of the molecule is Cc1cnc(-c2ccc(F)nc2)c(OCC2CC(CNC(=O)OC(C)(C)C)=NO2)c1. The van der Waals surface area contributed by atoms with Gasteiger partial charge in [0.2, 0.25) is 5.95 Å². The van der Waals surface area contributed by atoms with Crippen LogP contribution in [-0.2, 0) is 9.57 Å². The Bertz CT molecular complexity index is 926. The molecule has 0 aliphatic carbocycles. The van der Waals surface area contributed by atoms with E-state index in [1.165, 1.54) is 12.3 Å². The number of carbonyl (C=O) groups is 1. The van der Waals surface area contributed by atoms with E-state index in [9.17, 15) is 9.18 Å². The molecule has 3 heterocycles. The second-order valence-corrected chi connectivity index (χ2v) is 7.98. The predicted octanol–water partition coefficient (Wildman–Crippen LogP) is 3.64. The summed E-state index contributed by atoms with van der Waals surface area (Å²) >= 11 is 0. The van der Waals surface area contributed by atoms with Gasteiger partial charge in [0.25, 0.3) is 0 Å². The van der Waals surface area contributed by atoms with Gasteiger partial charge in [-0.15, -0.1) is 0 Å². The van der Waals surface area contributed by atoms with E-state index < -0.39 is 17.6 Å². The maximum atomic E-state index is 13.1. The molecule has 1 N–H and O–H groups in total. The van der Waals surface area contributed by atoms with Crippen molar-refractivity contribution >= 4 is 11.8 Å². The van der Waals surface area contributed by atoms with Crippen LogP contribution in [0.3, 0.4) is 0 Å². The summed E-state index contributed by atoms with van der Waals surface area (Å²) in [4.78, 5) is 25.2. The second kappa shape index (κ2) is 9.06. The number of nitrogens with one attached hydrogen (secondary N) is 1. The molecule has 8 nitrogen and oxygen atoms in total. The molecular formula is C21H25FN4O4. The fourth-order valence-corrected chi connectivity index (χ4v) is 2.74. The first-order valence-corrected chi connectivity index (χ1v) is 9.59. The Morgan fingerprint density at radius 2 is 2.10 bits per heavy atom. The quantitative estimate of drug-likeness (QED) is 0.723. The van der Waals surface area contributed by atoms with Gasteiger partial charge >= 0.3 is 6.09 Å². The molecule has 1 aliphatic rings. The molecular weight excluding hydrogens is 391 g/mol. The molecule has 0 fully saturated rings. The standard InChI is InChI=1S/C21H25FN4O4/c1-13-7-17(19(24-9-13)14-5-6-18(22)23-10-14)28-12-16-8-15(26-30-16)11-25-20(27)29-21(2,3)4/h5-7,9-10,16H,8,11-12H2,1-4H3,(H,25,27). The molecule has 1 unspecified atom stereocenters. The van der Waals surface area contributed by atoms with Crippen molar-refractivity contribution in [1.29, 1.82) is 0 Å². The Labute approximate surface area is 174 Å². The second-order valence-electron chi connectivity index (χ2n) is 7.98. The summed E-state index contributed by atoms with van der Waals surface area (Å²) < 4.78 is 24.3. The third-order valence-electron chi connectivity index (χ3n) is 4.04. The molecule has 1 atom stereocenters. The zero-order valence-electron chi connectivity index (χ0n) is 17.4. The average molecular weight is 416 g/mol. The van der Waals surface area contributed by atoms with Crippen molar-refractivity contribution in [2.45, 2.75) is 45.8 Å². The summed E-state index contributed by atoms with van der Waals surface area (Å²) in [6.45, 7) is 7.78. The van der Waals surface area contributed by atoms with Crippen LogP contribution < -0.4 is 10.1 Å². The van der Waals surface area contributed by atoms with E-state index in [4.69, 9.17) is 14.3 Å². The number of amides is 1. The van der Waals surface area contributed by atoms with E-state index >= 15 is 0 Å². The minimum atomic E-state index is -0.561. The van der Waals surface area contributed by atoms with Crippen LogP contribution in [-0.4, -0.2) is 46.6 Å². The lowest BCUT2D eigenvalue weighted by Gasteiger charge is -2.19. The molecule has 9 heteroatoms. The van der Waals surface area contributed by atoms with Crippen LogP contribution in [0.5, 0.6) is 5.75 Å². The van der Waals surface area contributed by atoms with Gasteiger partial charge in [-0.05, 0) is 51.5 Å². The molecule has 30 heavy (non-hydrogen) atoms. The number of aromatic nitrogens is 2. The summed E-state index contributed by atoms with van der Waals surface area (Å²) in [7, 11) is 0. The average Bonchev–Trinajstić information content (AvgIpc) is 3.12. The van der Waals surface area contributed by atoms with Gasteiger partial charge in [0.1, 0.15) is 23.7 Å². The third-order valence-corrected chi connectivity index (χ3v) is 4.04. The van der Waals surface area contributed by atoms with Crippen LogP contribution in [0.25, 0.3) is 11.3 Å². The van der Waals surface area contributed by atoms with E-state index in [0.29, 0.717) is 29.1 Å². The molecule has 0 spiro atoms. The van der Waals surface area contributed by atoms with Gasteiger partial charge < -0.3 is 19.6 Å². The molecule has 1 aliphatic heterocycles. The van der Waals surface area contributed by atoms with Gasteiger partial charge in [-0.25, -0.2) is 9.78 Å². The lowest BCUT2D eigenvalue weighted by atomic mass is 10.1. The van der Waals surface area contributed by atoms with Gasteiger partial charge in [0, 0.05) is 24.4 Å². The lowest BCUT2D eigenvalue weighted by molar-refractivity contribution is 0.0471. The number of hydrogen-bond donors (Lipinski definition) is 1. The van der Waals surface area contributed by atoms with Gasteiger partial charge in [-0.1, -0.05) is 5.16 Å². The summed E-state index contributed by atoms with van der Waals surface area (Å²) in [5.41, 5.74) is 2.28. The fourth-order valence-electron chi connectivity index (χ4n) is 2.74. The zero-order valence-corrected chi connectivity index (χ0v) is 17.4. The molecule has 0 radical (unpaired) electrons. The number of aryl methyl sites for hydroxylation is 1. The minimum Gasteiger partial charge on any atom is -0.487 e. The number of carbonyl (C=O) groups excluding carboxylic acids is 1. The summed E-state index contributed by atoms with van der Waals surface area (Å²) in [6.07, 6.45) is 2.84. The van der Waals surface area contributed by atoms with Crippen LogP contribution in [0.4, 0.5) is 9.18 Å². The first-order valence-electron chi connectivity index (χ1n) is 9.59. The summed E-state index contributed by atoms with van der Waals surface area (Å²) in [6, 6.07) is 4.73. The largest absolute Gasteiger partial charge is 0.487 e. The number of halogens is 1. The Hall–Kier alpha value is -3.23. The number of alkyl carbamates (subject to hydrolysis) is 1. The van der Waals surface area contributed by atoms with E-state index in [0.717, 1.165) is 5.56 Å². The maximum Gasteiger partial charge on any atom is 0.407 e. The number of ether oxygens (including phenoxy) is 2. The first-order chi connectivity index (χ1) is 14.2. The summed E-state index contributed by atoms with van der Waals surface area (Å²) in [5, 5.41) is 6.66. The Balaban J connectivity index is 1.54. The van der Waals surface area contributed by atoms with Crippen molar-refractivity contribution in [2.75, 3.05) is 13.2 Å². The topological polar surface area (TPSA) is 94.9 Å². The number of oxime groups is 1. The van der Waals surface area contributed by atoms with Crippen LogP contribution in [0.2, 0.25) is 0 Å². The Morgan fingerprint density at radius 1 is 1.30 bits per heavy atom. The highest BCUT2D eigenvalue weighted by atomic mass is 19.1. The van der Waals surface area contributed by atoms with Gasteiger partial charge in [0.15, 0.2) is 6.10 Å². The van der Waals surface area contributed by atoms with Crippen LogP contribution in [0.1, 0.15) is 32.8 Å². The summed E-state index contributed by atoms with van der Waals surface area (Å²) in [5.74, 6) is -0.00954. The smallest absolute Gasteiger partial charge is 0.407 e. The number of nitrogens with zero attached hydrogens (tertiary/aromatic N) is 3. The molecule has 2 aromatic heterocycles. The zero-order chi connectivity index (χ0) is 21.7. The van der Waals surface area contributed by atoms with Crippen molar-refractivity contribution in [3.05, 3.63) is 42.1 Å². The third kappa shape index (κ3) is 6.13. The van der Waals surface area contributed by atoms with Crippen molar-refractivity contribution < 1.29 is 23.5 Å². The molecule has 3 rings (SSSR count). The lowest BCUT2D eigenvalue weighted by Crippen LogP contribution is -2.35. The molecule has 1 amide bonds. The van der Waals surface area contributed by atoms with E-state index in [2.05, 4.69) is 20.4 Å². The first kappa shape index (κ1) is 21.5. The molecule has 2 aromatic rings. The van der Waals surface area contributed by atoms with E-state index in [1.54, 1.807) is 33.0 Å². The van der Waals surface area contributed by atoms with E-state index in [1.807, 2.05) is 13.0 Å². The van der Waals surface area contributed by atoms with Crippen molar-refractivity contribution in [3.63, 3.8) is 0 Å². The van der Waals surface area contributed by atoms with Crippen LogP contribution in [0, 0.1) is 12.9 Å². The van der Waals surface area contributed by atoms with Crippen molar-refractivity contribution in [1.82, 2.24) is 15.3 Å². The highest BCUT2D eigenvalue weighted by Crippen LogP contribution is 2.29. The van der Waals surface area contributed by atoms with Gasteiger partial charge in [0.05, 0.1) is 12.3 Å². The predicted molar refractivity (Wildman–Crippen MR) is 109 cm³/mol. The van der Waals surface area contributed by atoms with Crippen LogP contribution >= 0.6 is 0 Å². The normalized spacial score (nSPS) is 15.9. The van der Waals surface area contributed by atoms with Crippen molar-refractivity contribution in [2.24, 2.45) is 5.16 Å². The maximum absolute atomic E-state index is 13.1. The minimum absolute atomic E-state index is 0.240. The highest BCUT2D eigenvalue weighted by Gasteiger charge is 2.24. The highest BCUT2D eigenvalue weighted by molar-refractivity contribution is 5.89. The van der Waals surface area contributed by atoms with Crippen molar-refractivity contribution in [3.8, 4) is 17.0 Å². The van der Waals surface area contributed by atoms with Gasteiger partial charge in [-0.3, -0.25) is 4.98 Å². The van der Waals surface area contributed by atoms with E-state index in [-0.39, 0.29) is 19.3 Å². The fraction of sp³-hybridized carbons (Fsp3) is 0.429. The monoisotopic (exact) mass is 416 g/mol. The Morgan fingerprint density at radius 3 is 2.80 bits per heavy atom. The number of hydrogen-bond acceptors (Lipinski definition) is 7. The molecule has 0 bridgehead atoms. The molecule has 0 saturated carbocycles. The van der Waals surface area contributed by atoms with Crippen LogP contribution in [0.15, 0.2) is 35.7 Å². The molecule has 0 saturated heterocycles. The number of pyridine rings is 2. The van der Waals surface area contributed by atoms with Gasteiger partial charge in [-0.2, -0.15) is 4.39 Å². The molecule has 160 valence electrons. The Kier molecular flexibility index (Phi) is 6.49. The molecule has 0 aromatic carbocycles.